The first kappa shape index (κ1) is 9.49. The van der Waals surface area contributed by atoms with Crippen LogP contribution in [0.25, 0.3) is 0 Å². The zero-order valence-corrected chi connectivity index (χ0v) is 8.24. The van der Waals surface area contributed by atoms with Gasteiger partial charge in [0.05, 0.1) is 6.54 Å². The maximum Gasteiger partial charge on any atom is 0.237 e. The van der Waals surface area contributed by atoms with Crippen molar-refractivity contribution in [1.82, 2.24) is 4.90 Å². The number of rotatable bonds is 2. The molecule has 14 heavy (non-hydrogen) atoms. The fourth-order valence-corrected chi connectivity index (χ4v) is 2.69. The maximum absolute atomic E-state index is 11.8. The predicted octanol–water partition coefficient (Wildman–Crippen LogP) is 0.120. The fraction of sp³-hybridized carbons (Fsp3) is 0.800. The van der Waals surface area contributed by atoms with Gasteiger partial charge in [0.1, 0.15) is 0 Å². The summed E-state index contributed by atoms with van der Waals surface area (Å²) >= 11 is 0. The van der Waals surface area contributed by atoms with Crippen LogP contribution in [-0.2, 0) is 9.59 Å². The number of carbonyl (C=O) groups excluding carboxylic acids is 2. The van der Waals surface area contributed by atoms with Crippen molar-refractivity contribution in [2.75, 3.05) is 13.1 Å². The van der Waals surface area contributed by atoms with E-state index in [9.17, 15) is 9.59 Å². The molecule has 1 aliphatic carbocycles. The van der Waals surface area contributed by atoms with Gasteiger partial charge in [0, 0.05) is 12.5 Å². The van der Waals surface area contributed by atoms with E-state index in [4.69, 9.17) is 5.73 Å². The smallest absolute Gasteiger partial charge is 0.237 e. The molecule has 2 atom stereocenters. The Bertz CT molecular complexity index is 265. The standard InChI is InChI=1S/C10H16N2O2/c11-9(13)6-12-5-7-3-1-2-4-8(7)10(12)14/h7-8H,1-6H2,(H2,11,13)/t7-,8-/m1/s1. The highest BCUT2D eigenvalue weighted by Gasteiger charge is 2.41. The lowest BCUT2D eigenvalue weighted by Crippen LogP contribution is -2.35. The first-order valence-electron chi connectivity index (χ1n) is 5.25. The molecule has 78 valence electrons. The minimum atomic E-state index is -0.406. The number of hydrogen-bond donors (Lipinski definition) is 1. The highest BCUT2D eigenvalue weighted by Crippen LogP contribution is 2.36. The molecule has 1 saturated carbocycles. The average molecular weight is 196 g/mol. The van der Waals surface area contributed by atoms with Gasteiger partial charge in [-0.15, -0.1) is 0 Å². The Kier molecular flexibility index (Phi) is 2.44. The lowest BCUT2D eigenvalue weighted by molar-refractivity contribution is -0.134. The van der Waals surface area contributed by atoms with Crippen LogP contribution < -0.4 is 5.73 Å². The molecule has 0 aromatic rings. The Balaban J connectivity index is 2.02. The van der Waals surface area contributed by atoms with Crippen LogP contribution in [-0.4, -0.2) is 29.8 Å². The second kappa shape index (κ2) is 3.59. The van der Waals surface area contributed by atoms with Gasteiger partial charge < -0.3 is 10.6 Å². The first-order valence-corrected chi connectivity index (χ1v) is 5.25. The van der Waals surface area contributed by atoms with Gasteiger partial charge in [-0.3, -0.25) is 9.59 Å². The number of carbonyl (C=O) groups is 2. The van der Waals surface area contributed by atoms with Crippen molar-refractivity contribution >= 4 is 11.8 Å². The normalized spacial score (nSPS) is 31.7. The van der Waals surface area contributed by atoms with E-state index in [-0.39, 0.29) is 18.4 Å². The molecule has 1 aliphatic heterocycles. The fourth-order valence-electron chi connectivity index (χ4n) is 2.69. The second-order valence-electron chi connectivity index (χ2n) is 4.34. The van der Waals surface area contributed by atoms with Crippen LogP contribution >= 0.6 is 0 Å². The van der Waals surface area contributed by atoms with E-state index < -0.39 is 5.91 Å². The Morgan fingerprint density at radius 2 is 2.14 bits per heavy atom. The Morgan fingerprint density at radius 1 is 1.43 bits per heavy atom. The summed E-state index contributed by atoms with van der Waals surface area (Å²) in [6.45, 7) is 0.846. The van der Waals surface area contributed by atoms with Gasteiger partial charge in [-0.1, -0.05) is 12.8 Å². The van der Waals surface area contributed by atoms with Crippen LogP contribution in [0.1, 0.15) is 25.7 Å². The number of fused-ring (bicyclic) bond motifs is 1. The summed E-state index contributed by atoms with van der Waals surface area (Å²) in [5.74, 6) is 0.407. The van der Waals surface area contributed by atoms with E-state index in [1.807, 2.05) is 0 Å². The van der Waals surface area contributed by atoms with Crippen LogP contribution in [0.2, 0.25) is 0 Å². The topological polar surface area (TPSA) is 63.4 Å². The minimum absolute atomic E-state index is 0.103. The molecule has 0 aromatic heterocycles. The summed E-state index contributed by atoms with van der Waals surface area (Å²) in [7, 11) is 0. The lowest BCUT2D eigenvalue weighted by Gasteiger charge is -2.21. The zero-order valence-electron chi connectivity index (χ0n) is 8.24. The zero-order chi connectivity index (χ0) is 10.1. The van der Waals surface area contributed by atoms with Gasteiger partial charge in [0.15, 0.2) is 0 Å². The Morgan fingerprint density at radius 3 is 2.79 bits per heavy atom. The van der Waals surface area contributed by atoms with Crippen molar-refractivity contribution < 1.29 is 9.59 Å². The van der Waals surface area contributed by atoms with E-state index in [1.165, 1.54) is 6.42 Å². The summed E-state index contributed by atoms with van der Waals surface area (Å²) in [4.78, 5) is 24.2. The molecule has 4 heteroatoms. The Labute approximate surface area is 83.4 Å². The molecule has 0 spiro atoms. The molecule has 2 fully saturated rings. The van der Waals surface area contributed by atoms with E-state index in [2.05, 4.69) is 0 Å². The SMILES string of the molecule is NC(=O)CN1C[C@H]2CCCC[C@H]2C1=O. The summed E-state index contributed by atoms with van der Waals surface area (Å²) < 4.78 is 0. The van der Waals surface area contributed by atoms with Crippen molar-refractivity contribution in [2.45, 2.75) is 25.7 Å². The Hall–Kier alpha value is -1.06. The van der Waals surface area contributed by atoms with Crippen LogP contribution in [0.4, 0.5) is 0 Å². The van der Waals surface area contributed by atoms with Crippen molar-refractivity contribution in [2.24, 2.45) is 17.6 Å². The molecule has 1 saturated heterocycles. The van der Waals surface area contributed by atoms with Crippen molar-refractivity contribution in [3.8, 4) is 0 Å². The third-order valence-electron chi connectivity index (χ3n) is 3.34. The van der Waals surface area contributed by atoms with E-state index in [0.29, 0.717) is 5.92 Å². The molecule has 2 aliphatic rings. The van der Waals surface area contributed by atoms with Crippen LogP contribution in [0.5, 0.6) is 0 Å². The van der Waals surface area contributed by atoms with Gasteiger partial charge >= 0.3 is 0 Å². The number of primary amides is 1. The average Bonchev–Trinajstić information content (AvgIpc) is 2.44. The summed E-state index contributed by atoms with van der Waals surface area (Å²) in [6.07, 6.45) is 4.50. The summed E-state index contributed by atoms with van der Waals surface area (Å²) in [5, 5.41) is 0. The predicted molar refractivity (Wildman–Crippen MR) is 51.2 cm³/mol. The van der Waals surface area contributed by atoms with E-state index in [1.54, 1.807) is 4.90 Å². The molecule has 1 heterocycles. The summed E-state index contributed by atoms with van der Waals surface area (Å²) in [6, 6.07) is 0. The number of hydrogen-bond acceptors (Lipinski definition) is 2. The first-order chi connectivity index (χ1) is 6.68. The number of nitrogens with two attached hydrogens (primary N) is 1. The quantitative estimate of drug-likeness (QED) is 0.681. The van der Waals surface area contributed by atoms with E-state index >= 15 is 0 Å². The van der Waals surface area contributed by atoms with Crippen molar-refractivity contribution in [3.63, 3.8) is 0 Å². The summed E-state index contributed by atoms with van der Waals surface area (Å²) in [5.41, 5.74) is 5.09. The maximum atomic E-state index is 11.8. The van der Waals surface area contributed by atoms with Gasteiger partial charge in [0.25, 0.3) is 0 Å². The highest BCUT2D eigenvalue weighted by molar-refractivity contribution is 5.86. The van der Waals surface area contributed by atoms with Crippen molar-refractivity contribution in [3.05, 3.63) is 0 Å². The van der Waals surface area contributed by atoms with Crippen LogP contribution in [0.3, 0.4) is 0 Å². The van der Waals surface area contributed by atoms with Crippen molar-refractivity contribution in [1.29, 1.82) is 0 Å². The minimum Gasteiger partial charge on any atom is -0.368 e. The molecule has 0 aromatic carbocycles. The molecule has 2 rings (SSSR count). The number of amides is 2. The van der Waals surface area contributed by atoms with Crippen LogP contribution in [0.15, 0.2) is 0 Å². The van der Waals surface area contributed by atoms with Gasteiger partial charge in [-0.05, 0) is 18.8 Å². The van der Waals surface area contributed by atoms with Crippen LogP contribution in [0, 0.1) is 11.8 Å². The van der Waals surface area contributed by atoms with E-state index in [0.717, 1.165) is 25.8 Å². The number of likely N-dealkylation sites (tertiary alicyclic amines) is 1. The molecule has 0 unspecified atom stereocenters. The highest BCUT2D eigenvalue weighted by atomic mass is 16.2. The largest absolute Gasteiger partial charge is 0.368 e. The molecular formula is C10H16N2O2. The monoisotopic (exact) mass is 196 g/mol. The molecule has 0 bridgehead atoms. The van der Waals surface area contributed by atoms with Gasteiger partial charge in [-0.2, -0.15) is 0 Å². The molecule has 0 radical (unpaired) electrons. The lowest BCUT2D eigenvalue weighted by atomic mass is 9.81. The second-order valence-corrected chi connectivity index (χ2v) is 4.34. The third kappa shape index (κ3) is 1.61. The molecule has 2 N–H and O–H groups in total. The third-order valence-corrected chi connectivity index (χ3v) is 3.34. The molecular weight excluding hydrogens is 180 g/mol. The molecule has 4 nitrogen and oxygen atoms in total. The van der Waals surface area contributed by atoms with Gasteiger partial charge in [-0.25, -0.2) is 0 Å². The van der Waals surface area contributed by atoms with Gasteiger partial charge in [0.2, 0.25) is 11.8 Å². The number of nitrogens with zero attached hydrogens (tertiary/aromatic N) is 1. The molecule has 2 amide bonds.